The van der Waals surface area contributed by atoms with Gasteiger partial charge in [-0.05, 0) is 29.0 Å². The maximum atomic E-state index is 13.2. The van der Waals surface area contributed by atoms with Gasteiger partial charge in [-0.25, -0.2) is 13.2 Å². The monoisotopic (exact) mass is 420 g/mol. The van der Waals surface area contributed by atoms with Gasteiger partial charge in [0.1, 0.15) is 16.4 Å². The molecule has 4 N–H and O–H groups in total. The van der Waals surface area contributed by atoms with E-state index in [0.29, 0.717) is 11.3 Å². The van der Waals surface area contributed by atoms with Crippen molar-refractivity contribution in [1.29, 1.82) is 0 Å². The average Bonchev–Trinajstić information content (AvgIpc) is 2.53. The van der Waals surface area contributed by atoms with Crippen LogP contribution in [0.25, 0.3) is 0 Å². The van der Waals surface area contributed by atoms with Crippen LogP contribution in [-0.4, -0.2) is 19.6 Å². The number of aromatic hydroxyl groups is 1. The lowest BCUT2D eigenvalue weighted by molar-refractivity contribution is 0.208. The van der Waals surface area contributed by atoms with Crippen molar-refractivity contribution in [2.45, 2.75) is 57.3 Å². The van der Waals surface area contributed by atoms with Crippen LogP contribution in [0.3, 0.4) is 0 Å². The number of hydrogen-bond acceptors (Lipinski definition) is 5. The molecule has 29 heavy (non-hydrogen) atoms. The SMILES string of the molecule is CC(C)(C)c1cc(O)c(S(=O)(=O)Nc2ccccc2)c(C(C)(C)C)c1OC(N)=O. The maximum absolute atomic E-state index is 13.2. The molecule has 0 bridgehead atoms. The van der Waals surface area contributed by atoms with Gasteiger partial charge in [-0.15, -0.1) is 0 Å². The molecule has 0 fully saturated rings. The number of nitrogens with one attached hydrogen (secondary N) is 1. The second kappa shape index (κ2) is 7.59. The summed E-state index contributed by atoms with van der Waals surface area (Å²) in [6.07, 6.45) is -1.06. The third-order valence-corrected chi connectivity index (χ3v) is 5.72. The second-order valence-electron chi connectivity index (χ2n) is 8.87. The van der Waals surface area contributed by atoms with E-state index in [-0.39, 0.29) is 16.2 Å². The van der Waals surface area contributed by atoms with E-state index < -0.39 is 32.7 Å². The van der Waals surface area contributed by atoms with Gasteiger partial charge in [0.2, 0.25) is 0 Å². The topological polar surface area (TPSA) is 119 Å². The third kappa shape index (κ3) is 5.00. The van der Waals surface area contributed by atoms with Gasteiger partial charge >= 0.3 is 6.09 Å². The number of para-hydroxylation sites is 1. The van der Waals surface area contributed by atoms with E-state index >= 15 is 0 Å². The summed E-state index contributed by atoms with van der Waals surface area (Å²) >= 11 is 0. The fourth-order valence-corrected chi connectivity index (χ4v) is 4.61. The number of rotatable bonds is 4. The van der Waals surface area contributed by atoms with Gasteiger partial charge in [0.15, 0.2) is 0 Å². The smallest absolute Gasteiger partial charge is 0.409 e. The molecule has 0 aliphatic rings. The number of primary amides is 1. The molecule has 2 aromatic rings. The first-order valence-corrected chi connectivity index (χ1v) is 10.6. The first-order valence-electron chi connectivity index (χ1n) is 9.10. The van der Waals surface area contributed by atoms with Gasteiger partial charge in [-0.3, -0.25) is 4.72 Å². The zero-order chi connectivity index (χ0) is 22.2. The number of carbonyl (C=O) groups is 1. The van der Waals surface area contributed by atoms with Crippen LogP contribution in [0.1, 0.15) is 52.7 Å². The number of ether oxygens (including phenoxy) is 1. The van der Waals surface area contributed by atoms with Crippen LogP contribution in [0, 0.1) is 0 Å². The van der Waals surface area contributed by atoms with Gasteiger partial charge in [0.25, 0.3) is 10.0 Å². The van der Waals surface area contributed by atoms with Gasteiger partial charge in [0, 0.05) is 16.8 Å². The molecule has 0 unspecified atom stereocenters. The molecule has 0 aliphatic heterocycles. The summed E-state index contributed by atoms with van der Waals surface area (Å²) in [5.41, 5.74) is 4.90. The van der Waals surface area contributed by atoms with Gasteiger partial charge in [0.05, 0.1) is 0 Å². The maximum Gasteiger partial charge on any atom is 0.409 e. The predicted octanol–water partition coefficient (Wildman–Crippen LogP) is 4.25. The largest absolute Gasteiger partial charge is 0.506 e. The molecule has 2 rings (SSSR count). The standard InChI is InChI=1S/C21H28N2O5S/c1-20(2,3)14-12-15(24)18(16(21(4,5)6)17(14)28-19(22)25)29(26,27)23-13-10-8-7-9-11-13/h7-12,23-24H,1-6H3,(H2,22,25). The van der Waals surface area contributed by atoms with E-state index in [9.17, 15) is 18.3 Å². The molecule has 1 amide bonds. The number of carbonyl (C=O) groups excluding carboxylic acids is 1. The summed E-state index contributed by atoms with van der Waals surface area (Å²) in [5, 5.41) is 10.8. The molecule has 2 aromatic carbocycles. The molecular weight excluding hydrogens is 392 g/mol. The van der Waals surface area contributed by atoms with E-state index in [1.165, 1.54) is 6.07 Å². The quantitative estimate of drug-likeness (QED) is 0.683. The number of phenolic OH excluding ortho intramolecular Hbond substituents is 1. The molecule has 0 atom stereocenters. The number of phenols is 1. The molecule has 0 radical (unpaired) electrons. The van der Waals surface area contributed by atoms with Crippen molar-refractivity contribution in [2.75, 3.05) is 4.72 Å². The fourth-order valence-electron chi connectivity index (χ4n) is 3.06. The average molecular weight is 421 g/mol. The molecule has 0 aliphatic carbocycles. The summed E-state index contributed by atoms with van der Waals surface area (Å²) in [7, 11) is -4.21. The molecule has 0 saturated carbocycles. The van der Waals surface area contributed by atoms with Crippen LogP contribution in [0.5, 0.6) is 11.5 Å². The number of hydrogen-bond donors (Lipinski definition) is 3. The van der Waals surface area contributed by atoms with E-state index in [2.05, 4.69) is 4.72 Å². The van der Waals surface area contributed by atoms with Crippen LogP contribution < -0.4 is 15.2 Å². The van der Waals surface area contributed by atoms with E-state index in [1.807, 2.05) is 20.8 Å². The van der Waals surface area contributed by atoms with Crippen molar-refractivity contribution < 1.29 is 23.1 Å². The summed E-state index contributed by atoms with van der Waals surface area (Å²) in [6.45, 7) is 10.9. The van der Waals surface area contributed by atoms with Crippen LogP contribution in [0.2, 0.25) is 0 Å². The summed E-state index contributed by atoms with van der Waals surface area (Å²) in [6, 6.07) is 9.63. The summed E-state index contributed by atoms with van der Waals surface area (Å²) in [4.78, 5) is 11.3. The first-order chi connectivity index (χ1) is 13.1. The first kappa shape index (κ1) is 22.5. The summed E-state index contributed by atoms with van der Waals surface area (Å²) in [5.74, 6) is -0.385. The fraction of sp³-hybridized carbons (Fsp3) is 0.381. The molecule has 8 heteroatoms. The third-order valence-electron chi connectivity index (χ3n) is 4.27. The van der Waals surface area contributed by atoms with Gasteiger partial charge in [-0.2, -0.15) is 0 Å². The minimum atomic E-state index is -4.21. The Morgan fingerprint density at radius 3 is 2.03 bits per heavy atom. The number of benzene rings is 2. The Labute approximate surface area is 171 Å². The van der Waals surface area contributed by atoms with Crippen LogP contribution >= 0.6 is 0 Å². The van der Waals surface area contributed by atoms with Crippen molar-refractivity contribution in [3.05, 3.63) is 47.5 Å². The van der Waals surface area contributed by atoms with Crippen LogP contribution in [0.4, 0.5) is 10.5 Å². The second-order valence-corrected chi connectivity index (χ2v) is 10.5. The molecule has 0 saturated heterocycles. The Morgan fingerprint density at radius 1 is 1.03 bits per heavy atom. The van der Waals surface area contributed by atoms with Crippen molar-refractivity contribution >= 4 is 21.8 Å². The summed E-state index contributed by atoms with van der Waals surface area (Å²) < 4.78 is 34.3. The molecule has 0 spiro atoms. The Kier molecular flexibility index (Phi) is 5.90. The molecule has 0 aromatic heterocycles. The lowest BCUT2D eigenvalue weighted by Gasteiger charge is -2.31. The molecular formula is C21H28N2O5S. The van der Waals surface area contributed by atoms with Crippen molar-refractivity contribution in [2.24, 2.45) is 5.73 Å². The van der Waals surface area contributed by atoms with Crippen molar-refractivity contribution in [1.82, 2.24) is 0 Å². The molecule has 0 heterocycles. The van der Waals surface area contributed by atoms with Gasteiger partial charge in [-0.1, -0.05) is 59.7 Å². The Balaban J connectivity index is 2.90. The molecule has 7 nitrogen and oxygen atoms in total. The minimum absolute atomic E-state index is 0.0451. The van der Waals surface area contributed by atoms with Crippen LogP contribution in [0.15, 0.2) is 41.3 Å². The van der Waals surface area contributed by atoms with E-state index in [0.717, 1.165) is 0 Å². The lowest BCUT2D eigenvalue weighted by atomic mass is 9.79. The number of amides is 1. The zero-order valence-electron chi connectivity index (χ0n) is 17.5. The number of sulfonamides is 1. The lowest BCUT2D eigenvalue weighted by Crippen LogP contribution is -2.28. The Morgan fingerprint density at radius 2 is 1.59 bits per heavy atom. The number of nitrogens with two attached hydrogens (primary N) is 1. The normalized spacial score (nSPS) is 12.5. The highest BCUT2D eigenvalue weighted by Crippen LogP contribution is 2.47. The van der Waals surface area contributed by atoms with Crippen molar-refractivity contribution in [3.63, 3.8) is 0 Å². The molecule has 158 valence electrons. The predicted molar refractivity (Wildman–Crippen MR) is 113 cm³/mol. The highest BCUT2D eigenvalue weighted by atomic mass is 32.2. The zero-order valence-corrected chi connectivity index (χ0v) is 18.3. The number of anilines is 1. The van der Waals surface area contributed by atoms with Gasteiger partial charge < -0.3 is 15.6 Å². The van der Waals surface area contributed by atoms with E-state index in [4.69, 9.17) is 10.5 Å². The highest BCUT2D eigenvalue weighted by Gasteiger charge is 2.37. The minimum Gasteiger partial charge on any atom is -0.506 e. The van der Waals surface area contributed by atoms with E-state index in [1.54, 1.807) is 51.1 Å². The Bertz CT molecular complexity index is 1020. The Hall–Kier alpha value is -2.74. The van der Waals surface area contributed by atoms with Crippen molar-refractivity contribution in [3.8, 4) is 11.5 Å². The highest BCUT2D eigenvalue weighted by molar-refractivity contribution is 7.92. The van der Waals surface area contributed by atoms with Crippen LogP contribution in [-0.2, 0) is 20.9 Å².